The summed E-state index contributed by atoms with van der Waals surface area (Å²) in [6.07, 6.45) is 2.11. The third-order valence-corrected chi connectivity index (χ3v) is 0.813. The quantitative estimate of drug-likeness (QED) is 0.307. The summed E-state index contributed by atoms with van der Waals surface area (Å²) in [7, 11) is 0. The van der Waals surface area contributed by atoms with Gasteiger partial charge in [-0.15, -0.1) is 11.5 Å². The van der Waals surface area contributed by atoms with Gasteiger partial charge in [0.1, 0.15) is 0 Å². The van der Waals surface area contributed by atoms with Crippen LogP contribution in [0.3, 0.4) is 0 Å². The molecule has 0 heterocycles. The molecule has 0 aliphatic carbocycles. The monoisotopic (exact) mass is 455 g/mol. The number of ketones is 2. The zero-order chi connectivity index (χ0) is 11.7. The Bertz CT molecular complexity index is 239. The summed E-state index contributed by atoms with van der Waals surface area (Å²) in [5.41, 5.74) is 0. The molecule has 0 N–H and O–H groups in total. The van der Waals surface area contributed by atoms with Crippen molar-refractivity contribution >= 4 is 11.6 Å². The number of carbonyl (C=O) groups is 2. The average Bonchev–Trinajstić information content (AvgIpc) is 1.79. The van der Waals surface area contributed by atoms with E-state index in [4.69, 9.17) is 0 Å². The molecule has 0 unspecified atom stereocenters. The first-order chi connectivity index (χ1) is 6.25. The van der Waals surface area contributed by atoms with E-state index in [-0.39, 0.29) is 68.3 Å². The van der Waals surface area contributed by atoms with Crippen LogP contribution in [0, 0.1) is 0 Å². The molecule has 17 heavy (non-hydrogen) atoms. The summed E-state index contributed by atoms with van der Waals surface area (Å²) in [5.74, 6) is -0.750. The van der Waals surface area contributed by atoms with E-state index in [9.17, 15) is 19.8 Å². The van der Waals surface area contributed by atoms with Gasteiger partial charge >= 0.3 is 0 Å². The Morgan fingerprint density at radius 2 is 0.941 bits per heavy atom. The van der Waals surface area contributed by atoms with Gasteiger partial charge in [-0.2, -0.15) is 0 Å². The fourth-order valence-electron chi connectivity index (χ4n) is 0.572. The number of halogens is 2. The Morgan fingerprint density at radius 1 is 0.765 bits per heavy atom. The number of carbonyl (C=O) groups excluding carboxylic acids is 2. The molecule has 0 saturated carbocycles. The summed E-state index contributed by atoms with van der Waals surface area (Å²) in [5, 5.41) is 20.0. The Kier molecular flexibility index (Phi) is 31.9. The van der Waals surface area contributed by atoms with Gasteiger partial charge in [-0.25, -0.2) is 0 Å². The third kappa shape index (κ3) is 49.8. The smallest absolute Gasteiger partial charge is 0.151 e. The van der Waals surface area contributed by atoms with Crippen LogP contribution in [0.25, 0.3) is 0 Å². The maximum Gasteiger partial charge on any atom is 0.151 e. The van der Waals surface area contributed by atoms with Crippen molar-refractivity contribution in [3.8, 4) is 0 Å². The van der Waals surface area contributed by atoms with Gasteiger partial charge < -0.3 is 35.0 Å². The summed E-state index contributed by atoms with van der Waals surface area (Å²) < 4.78 is 0. The zero-order valence-corrected chi connectivity index (χ0v) is 14.1. The second-order valence-electron chi connectivity index (χ2n) is 2.73. The van der Waals surface area contributed by atoms with Crippen LogP contribution >= 0.6 is 0 Å². The van der Waals surface area contributed by atoms with Gasteiger partial charge in [0.2, 0.25) is 0 Å². The van der Waals surface area contributed by atoms with Crippen LogP contribution in [-0.4, -0.2) is 11.6 Å². The standard InChI is InChI=1S/2C5H8O2.2ClH.Re/c2*1-4(6)3-5(2)7;;;/h2*3,6H,1-2H3;2*1H;/p-4. The molecule has 4 nitrogen and oxygen atoms in total. The topological polar surface area (TPSA) is 80.3 Å². The van der Waals surface area contributed by atoms with E-state index in [1.807, 2.05) is 0 Å². The van der Waals surface area contributed by atoms with E-state index in [1.165, 1.54) is 27.7 Å². The maximum absolute atomic E-state index is 9.98. The predicted molar refractivity (Wildman–Crippen MR) is 48.9 cm³/mol. The SMILES string of the molecule is CC(=O)C=C(C)[O-].CC(=O)C=C(C)[O-].[Cl-].[Cl-].[Re]. The van der Waals surface area contributed by atoms with Crippen molar-refractivity contribution in [2.45, 2.75) is 27.7 Å². The minimum absolute atomic E-state index is 0. The van der Waals surface area contributed by atoms with Gasteiger partial charge in [0, 0.05) is 20.4 Å². The minimum atomic E-state index is -0.187. The van der Waals surface area contributed by atoms with Crippen LogP contribution in [-0.2, 0) is 30.0 Å². The molecule has 0 atom stereocenters. The molecule has 0 saturated heterocycles. The first kappa shape index (κ1) is 30.1. The molecule has 0 bridgehead atoms. The van der Waals surface area contributed by atoms with Crippen LogP contribution in [0.1, 0.15) is 27.7 Å². The van der Waals surface area contributed by atoms with Crippen molar-refractivity contribution in [2.75, 3.05) is 0 Å². The van der Waals surface area contributed by atoms with Crippen LogP contribution < -0.4 is 35.0 Å². The molecule has 0 amide bonds. The van der Waals surface area contributed by atoms with Gasteiger partial charge in [0.05, 0.1) is 0 Å². The van der Waals surface area contributed by atoms with Crippen molar-refractivity contribution in [1.29, 1.82) is 0 Å². The van der Waals surface area contributed by atoms with E-state index >= 15 is 0 Å². The normalized spacial score (nSPS) is 9.41. The Morgan fingerprint density at radius 3 is 0.941 bits per heavy atom. The Balaban J connectivity index is -0.0000000480. The molecule has 0 spiro atoms. The average molecular weight is 455 g/mol. The third-order valence-electron chi connectivity index (χ3n) is 0.813. The van der Waals surface area contributed by atoms with E-state index in [0.717, 1.165) is 12.2 Å². The van der Waals surface area contributed by atoms with Crippen LogP contribution in [0.15, 0.2) is 23.7 Å². The van der Waals surface area contributed by atoms with E-state index < -0.39 is 0 Å². The zero-order valence-electron chi connectivity index (χ0n) is 9.92. The summed E-state index contributed by atoms with van der Waals surface area (Å²) in [6, 6.07) is 0. The molecule has 1 radical (unpaired) electrons. The van der Waals surface area contributed by atoms with Gasteiger partial charge in [0.15, 0.2) is 11.6 Å². The first-order valence-electron chi connectivity index (χ1n) is 3.97. The molecule has 0 fully saturated rings. The molecule has 0 aromatic rings. The van der Waals surface area contributed by atoms with E-state index in [2.05, 4.69) is 0 Å². The maximum atomic E-state index is 9.98. The number of hydrogen-bond donors (Lipinski definition) is 0. The summed E-state index contributed by atoms with van der Waals surface area (Å²) in [6.45, 7) is 5.39. The fourth-order valence-corrected chi connectivity index (χ4v) is 0.572. The van der Waals surface area contributed by atoms with Gasteiger partial charge in [0.25, 0.3) is 0 Å². The summed E-state index contributed by atoms with van der Waals surface area (Å²) >= 11 is 0. The Labute approximate surface area is 128 Å². The molecule has 0 rings (SSSR count). The molecule has 0 aromatic heterocycles. The molecular weight excluding hydrogens is 441 g/mol. The van der Waals surface area contributed by atoms with Gasteiger partial charge in [-0.3, -0.25) is 9.59 Å². The van der Waals surface area contributed by atoms with Crippen LogP contribution in [0.2, 0.25) is 0 Å². The Hall–Kier alpha value is -0.338. The van der Waals surface area contributed by atoms with Crippen molar-refractivity contribution in [2.24, 2.45) is 0 Å². The molecule has 0 aliphatic heterocycles. The molecule has 0 aromatic carbocycles. The minimum Gasteiger partial charge on any atom is -1.00 e. The second-order valence-corrected chi connectivity index (χ2v) is 2.73. The molecule has 0 aliphatic rings. The first-order valence-corrected chi connectivity index (χ1v) is 3.97. The fraction of sp³-hybridized carbons (Fsp3) is 0.400. The molecule has 7 heteroatoms. The number of rotatable bonds is 2. The second kappa shape index (κ2) is 18.0. The largest absolute Gasteiger partial charge is 1.00 e. The van der Waals surface area contributed by atoms with Gasteiger partial charge in [-0.1, -0.05) is 13.8 Å². The van der Waals surface area contributed by atoms with Crippen LogP contribution in [0.5, 0.6) is 0 Å². The van der Waals surface area contributed by atoms with E-state index in [0.29, 0.717) is 0 Å². The van der Waals surface area contributed by atoms with Crippen molar-refractivity contribution in [3.63, 3.8) is 0 Å². The van der Waals surface area contributed by atoms with E-state index in [1.54, 1.807) is 0 Å². The predicted octanol–water partition coefficient (Wildman–Crippen LogP) is -6.32. The van der Waals surface area contributed by atoms with Gasteiger partial charge in [-0.05, 0) is 26.0 Å². The van der Waals surface area contributed by atoms with Crippen molar-refractivity contribution in [3.05, 3.63) is 23.7 Å². The van der Waals surface area contributed by atoms with Crippen molar-refractivity contribution < 1.29 is 65.0 Å². The van der Waals surface area contributed by atoms with Crippen LogP contribution in [0.4, 0.5) is 0 Å². The summed E-state index contributed by atoms with van der Waals surface area (Å²) in [4.78, 5) is 20.0. The molecule has 103 valence electrons. The van der Waals surface area contributed by atoms with Crippen molar-refractivity contribution in [1.82, 2.24) is 0 Å². The molecular formula is C10H14Cl2O4Re-4. The number of allylic oxidation sites excluding steroid dienone is 4. The number of hydrogen-bond acceptors (Lipinski definition) is 4.